The van der Waals surface area contributed by atoms with E-state index < -0.39 is 0 Å². The molecular weight excluding hydrogens is 348 g/mol. The van der Waals surface area contributed by atoms with E-state index in [1.807, 2.05) is 29.2 Å². The van der Waals surface area contributed by atoms with Gasteiger partial charge in [-0.2, -0.15) is 0 Å². The Morgan fingerprint density at radius 2 is 2.09 bits per heavy atom. The highest BCUT2D eigenvalue weighted by Gasteiger charge is 2.35. The number of nitrogens with two attached hydrogens (primary N) is 1. The zero-order valence-corrected chi connectivity index (χ0v) is 14.0. The lowest BCUT2D eigenvalue weighted by molar-refractivity contribution is -0.150. The maximum Gasteiger partial charge on any atom is 0.251 e. The molecule has 0 aromatic heterocycles. The van der Waals surface area contributed by atoms with Crippen molar-refractivity contribution in [2.75, 3.05) is 26.2 Å². The Kier molecular flexibility index (Phi) is 5.13. The molecule has 2 aliphatic rings. The normalized spacial score (nSPS) is 28.8. The van der Waals surface area contributed by atoms with Crippen molar-refractivity contribution in [3.8, 4) is 0 Å². The number of hydrogen-bond acceptors (Lipinski definition) is 4. The van der Waals surface area contributed by atoms with Crippen molar-refractivity contribution in [2.45, 2.75) is 31.2 Å². The van der Waals surface area contributed by atoms with E-state index in [0.29, 0.717) is 26.2 Å². The van der Waals surface area contributed by atoms with Gasteiger partial charge in [-0.15, -0.1) is 0 Å². The summed E-state index contributed by atoms with van der Waals surface area (Å²) >= 11 is 3.43. The topological polar surface area (TPSA) is 64.8 Å². The van der Waals surface area contributed by atoms with Crippen LogP contribution in [0.15, 0.2) is 28.7 Å². The third kappa shape index (κ3) is 3.51. The van der Waals surface area contributed by atoms with Crippen LogP contribution in [0.3, 0.4) is 0 Å². The van der Waals surface area contributed by atoms with Gasteiger partial charge in [-0.1, -0.05) is 28.1 Å². The largest absolute Gasteiger partial charge is 0.370 e. The predicted octanol–water partition coefficient (Wildman–Crippen LogP) is 1.86. The van der Waals surface area contributed by atoms with E-state index in [1.54, 1.807) is 0 Å². The third-order valence-electron chi connectivity index (χ3n) is 4.27. The number of nitrogens with zero attached hydrogens (tertiary/aromatic N) is 1. The Balaban J connectivity index is 1.63. The molecule has 6 heteroatoms. The SMILES string of the molecule is NC[C@H]1CC[C@@H](C(=O)N2CCOC(c3ccc(Br)cc3)C2)O1. The molecule has 2 saturated heterocycles. The highest BCUT2D eigenvalue weighted by molar-refractivity contribution is 9.10. The fourth-order valence-corrected chi connectivity index (χ4v) is 3.26. The zero-order valence-electron chi connectivity index (χ0n) is 12.4. The molecule has 2 aliphatic heterocycles. The van der Waals surface area contributed by atoms with Gasteiger partial charge in [-0.25, -0.2) is 0 Å². The molecule has 3 rings (SSSR count). The average molecular weight is 369 g/mol. The monoisotopic (exact) mass is 368 g/mol. The fraction of sp³-hybridized carbons (Fsp3) is 0.562. The van der Waals surface area contributed by atoms with Gasteiger partial charge in [0.2, 0.25) is 0 Å². The van der Waals surface area contributed by atoms with Crippen LogP contribution < -0.4 is 5.73 Å². The van der Waals surface area contributed by atoms with Gasteiger partial charge in [0.25, 0.3) is 5.91 Å². The Labute approximate surface area is 138 Å². The molecule has 1 amide bonds. The number of benzene rings is 1. The first-order valence-corrected chi connectivity index (χ1v) is 8.48. The number of morpholine rings is 1. The average Bonchev–Trinajstić information content (AvgIpc) is 3.04. The summed E-state index contributed by atoms with van der Waals surface area (Å²) in [4.78, 5) is 14.5. The lowest BCUT2D eigenvalue weighted by Gasteiger charge is -2.34. The van der Waals surface area contributed by atoms with Crippen LogP contribution in [0, 0.1) is 0 Å². The Hall–Kier alpha value is -0.950. The maximum absolute atomic E-state index is 12.6. The lowest BCUT2D eigenvalue weighted by Crippen LogP contribution is -2.46. The summed E-state index contributed by atoms with van der Waals surface area (Å²) in [5.74, 6) is 0.0707. The third-order valence-corrected chi connectivity index (χ3v) is 4.79. The number of hydrogen-bond donors (Lipinski definition) is 1. The molecule has 1 aromatic carbocycles. The van der Waals surface area contributed by atoms with Gasteiger partial charge in [-0.3, -0.25) is 4.79 Å². The molecule has 2 N–H and O–H groups in total. The predicted molar refractivity (Wildman–Crippen MR) is 86.4 cm³/mol. The first-order valence-electron chi connectivity index (χ1n) is 7.68. The number of carbonyl (C=O) groups is 1. The van der Waals surface area contributed by atoms with E-state index in [4.69, 9.17) is 15.2 Å². The van der Waals surface area contributed by atoms with Crippen molar-refractivity contribution >= 4 is 21.8 Å². The molecule has 0 spiro atoms. The Morgan fingerprint density at radius 3 is 2.77 bits per heavy atom. The van der Waals surface area contributed by atoms with Crippen molar-refractivity contribution in [1.82, 2.24) is 4.90 Å². The molecule has 1 aromatic rings. The van der Waals surface area contributed by atoms with Gasteiger partial charge in [0, 0.05) is 17.6 Å². The van der Waals surface area contributed by atoms with Gasteiger partial charge in [0.05, 0.1) is 19.3 Å². The first kappa shape index (κ1) is 15.9. The van der Waals surface area contributed by atoms with E-state index in [-0.39, 0.29) is 24.2 Å². The van der Waals surface area contributed by atoms with Crippen LogP contribution in [0.5, 0.6) is 0 Å². The van der Waals surface area contributed by atoms with Gasteiger partial charge < -0.3 is 20.1 Å². The molecule has 22 heavy (non-hydrogen) atoms. The summed E-state index contributed by atoms with van der Waals surface area (Å²) in [5.41, 5.74) is 6.70. The smallest absolute Gasteiger partial charge is 0.251 e. The molecule has 3 atom stereocenters. The number of ether oxygens (including phenoxy) is 2. The molecule has 2 fully saturated rings. The van der Waals surface area contributed by atoms with Crippen LogP contribution in [0.2, 0.25) is 0 Å². The lowest BCUT2D eigenvalue weighted by atomic mass is 10.1. The van der Waals surface area contributed by atoms with Crippen LogP contribution in [-0.4, -0.2) is 49.3 Å². The molecular formula is C16H21BrN2O3. The van der Waals surface area contributed by atoms with Crippen LogP contribution >= 0.6 is 15.9 Å². The highest BCUT2D eigenvalue weighted by Crippen LogP contribution is 2.26. The number of amides is 1. The van der Waals surface area contributed by atoms with Crippen molar-refractivity contribution in [3.63, 3.8) is 0 Å². The maximum atomic E-state index is 12.6. The summed E-state index contributed by atoms with van der Waals surface area (Å²) in [6.45, 7) is 2.24. The Bertz CT molecular complexity index is 523. The molecule has 0 radical (unpaired) electrons. The minimum Gasteiger partial charge on any atom is -0.370 e. The summed E-state index contributed by atoms with van der Waals surface area (Å²) in [6.07, 6.45) is 1.25. The minimum atomic E-state index is -0.336. The van der Waals surface area contributed by atoms with Gasteiger partial charge in [0.1, 0.15) is 12.2 Å². The second kappa shape index (κ2) is 7.08. The molecule has 1 unspecified atom stereocenters. The van der Waals surface area contributed by atoms with Crippen molar-refractivity contribution in [2.24, 2.45) is 5.73 Å². The number of halogens is 1. The van der Waals surface area contributed by atoms with Gasteiger partial charge in [-0.05, 0) is 30.5 Å². The fourth-order valence-electron chi connectivity index (χ4n) is 2.99. The second-order valence-electron chi connectivity index (χ2n) is 5.76. The standard InChI is InChI=1S/C16H21BrN2O3/c17-12-3-1-11(2-4-12)15-10-19(7-8-21-15)16(20)14-6-5-13(9-18)22-14/h1-4,13-15H,5-10,18H2/t13-,14+,15?/m1/s1. The van der Waals surface area contributed by atoms with Crippen molar-refractivity contribution in [1.29, 1.82) is 0 Å². The summed E-state index contributed by atoms with van der Waals surface area (Å²) in [5, 5.41) is 0. The molecule has 0 aliphatic carbocycles. The number of rotatable bonds is 3. The molecule has 0 saturated carbocycles. The van der Waals surface area contributed by atoms with E-state index >= 15 is 0 Å². The van der Waals surface area contributed by atoms with Crippen LogP contribution in [0.4, 0.5) is 0 Å². The van der Waals surface area contributed by atoms with Crippen LogP contribution in [-0.2, 0) is 14.3 Å². The van der Waals surface area contributed by atoms with E-state index in [2.05, 4.69) is 15.9 Å². The molecule has 2 heterocycles. The Morgan fingerprint density at radius 1 is 1.32 bits per heavy atom. The quantitative estimate of drug-likeness (QED) is 0.884. The van der Waals surface area contributed by atoms with Gasteiger partial charge in [0.15, 0.2) is 0 Å². The summed E-state index contributed by atoms with van der Waals surface area (Å²) in [6, 6.07) is 8.04. The second-order valence-corrected chi connectivity index (χ2v) is 6.67. The van der Waals surface area contributed by atoms with E-state index in [9.17, 15) is 4.79 Å². The number of carbonyl (C=O) groups excluding carboxylic acids is 1. The molecule has 5 nitrogen and oxygen atoms in total. The molecule has 120 valence electrons. The van der Waals surface area contributed by atoms with E-state index in [0.717, 1.165) is 22.9 Å². The summed E-state index contributed by atoms with van der Waals surface area (Å²) in [7, 11) is 0. The molecule has 0 bridgehead atoms. The summed E-state index contributed by atoms with van der Waals surface area (Å²) < 4.78 is 12.6. The highest BCUT2D eigenvalue weighted by atomic mass is 79.9. The zero-order chi connectivity index (χ0) is 15.5. The van der Waals surface area contributed by atoms with E-state index in [1.165, 1.54) is 0 Å². The van der Waals surface area contributed by atoms with Crippen LogP contribution in [0.1, 0.15) is 24.5 Å². The first-order chi connectivity index (χ1) is 10.7. The van der Waals surface area contributed by atoms with Crippen molar-refractivity contribution < 1.29 is 14.3 Å². The van der Waals surface area contributed by atoms with Gasteiger partial charge >= 0.3 is 0 Å². The minimum absolute atomic E-state index is 0.0252. The van der Waals surface area contributed by atoms with Crippen molar-refractivity contribution in [3.05, 3.63) is 34.3 Å². The van der Waals surface area contributed by atoms with Crippen LogP contribution in [0.25, 0.3) is 0 Å².